The Kier molecular flexibility index (Phi) is 1.94. The quantitative estimate of drug-likeness (QED) is 0.618. The van der Waals surface area contributed by atoms with Crippen LogP contribution in [0.25, 0.3) is 0 Å². The predicted molar refractivity (Wildman–Crippen MR) is 52.2 cm³/mol. The van der Waals surface area contributed by atoms with Gasteiger partial charge >= 0.3 is 0 Å². The molecule has 70 valence electrons. The van der Waals surface area contributed by atoms with Gasteiger partial charge in [-0.1, -0.05) is 6.92 Å². The van der Waals surface area contributed by atoms with Crippen molar-refractivity contribution < 1.29 is 0 Å². The van der Waals surface area contributed by atoms with E-state index >= 15 is 0 Å². The average Bonchev–Trinajstić information content (AvgIpc) is 2.64. The SMILES string of the molecule is CCc1c(N2CCCC2)c(=O)c1=O. The van der Waals surface area contributed by atoms with Gasteiger partial charge in [-0.25, -0.2) is 0 Å². The molecule has 1 heterocycles. The molecule has 0 atom stereocenters. The molecule has 1 aromatic rings. The van der Waals surface area contributed by atoms with Crippen molar-refractivity contribution in [1.29, 1.82) is 0 Å². The van der Waals surface area contributed by atoms with E-state index in [0.29, 0.717) is 12.1 Å². The average molecular weight is 179 g/mol. The zero-order valence-electron chi connectivity index (χ0n) is 7.80. The molecule has 2 rings (SSSR count). The van der Waals surface area contributed by atoms with E-state index in [1.54, 1.807) is 0 Å². The summed E-state index contributed by atoms with van der Waals surface area (Å²) in [6, 6.07) is 0. The third-order valence-corrected chi connectivity index (χ3v) is 2.76. The van der Waals surface area contributed by atoms with Crippen LogP contribution in [-0.2, 0) is 6.42 Å². The molecule has 1 aromatic carbocycles. The Labute approximate surface area is 76.7 Å². The molecule has 0 saturated carbocycles. The van der Waals surface area contributed by atoms with E-state index in [9.17, 15) is 9.59 Å². The Bertz CT molecular complexity index is 381. The Morgan fingerprint density at radius 2 is 1.77 bits per heavy atom. The molecule has 0 spiro atoms. The molecule has 1 fully saturated rings. The highest BCUT2D eigenvalue weighted by Gasteiger charge is 2.25. The first-order chi connectivity index (χ1) is 6.25. The fourth-order valence-corrected chi connectivity index (χ4v) is 2.03. The highest BCUT2D eigenvalue weighted by molar-refractivity contribution is 5.59. The molecule has 0 bridgehead atoms. The molecule has 1 aliphatic heterocycles. The van der Waals surface area contributed by atoms with Crippen LogP contribution in [0.2, 0.25) is 0 Å². The van der Waals surface area contributed by atoms with Crippen LogP contribution >= 0.6 is 0 Å². The predicted octanol–water partition coefficient (Wildman–Crippen LogP) is 0.445. The van der Waals surface area contributed by atoms with Gasteiger partial charge in [0, 0.05) is 18.7 Å². The molecule has 3 heteroatoms. The maximum atomic E-state index is 11.3. The molecule has 3 nitrogen and oxygen atoms in total. The van der Waals surface area contributed by atoms with Gasteiger partial charge in [0.2, 0.25) is 10.9 Å². The van der Waals surface area contributed by atoms with Crippen molar-refractivity contribution in [2.75, 3.05) is 18.0 Å². The summed E-state index contributed by atoms with van der Waals surface area (Å²) in [6.07, 6.45) is 2.97. The number of anilines is 1. The van der Waals surface area contributed by atoms with Gasteiger partial charge in [0.15, 0.2) is 0 Å². The van der Waals surface area contributed by atoms with Crippen LogP contribution < -0.4 is 15.8 Å². The summed E-state index contributed by atoms with van der Waals surface area (Å²) in [4.78, 5) is 24.5. The fraction of sp³-hybridized carbons (Fsp3) is 0.600. The third-order valence-electron chi connectivity index (χ3n) is 2.76. The monoisotopic (exact) mass is 179 g/mol. The van der Waals surface area contributed by atoms with E-state index in [0.717, 1.165) is 31.5 Å². The lowest BCUT2D eigenvalue weighted by atomic mass is 10.0. The third kappa shape index (κ3) is 1.10. The molecule has 13 heavy (non-hydrogen) atoms. The van der Waals surface area contributed by atoms with Gasteiger partial charge in [0.05, 0.1) is 5.69 Å². The van der Waals surface area contributed by atoms with Crippen LogP contribution in [0.4, 0.5) is 5.69 Å². The highest BCUT2D eigenvalue weighted by atomic mass is 16.2. The van der Waals surface area contributed by atoms with E-state index in [4.69, 9.17) is 0 Å². The number of nitrogens with zero attached hydrogens (tertiary/aromatic N) is 1. The summed E-state index contributed by atoms with van der Waals surface area (Å²) >= 11 is 0. The molecule has 0 aliphatic carbocycles. The second-order valence-corrected chi connectivity index (χ2v) is 3.53. The first-order valence-electron chi connectivity index (χ1n) is 4.82. The zero-order valence-corrected chi connectivity index (χ0v) is 7.80. The van der Waals surface area contributed by atoms with Gasteiger partial charge in [0.1, 0.15) is 0 Å². The van der Waals surface area contributed by atoms with Crippen molar-refractivity contribution in [1.82, 2.24) is 0 Å². The summed E-state index contributed by atoms with van der Waals surface area (Å²) in [6.45, 7) is 3.81. The number of rotatable bonds is 2. The second kappa shape index (κ2) is 2.98. The molecule has 1 aliphatic rings. The smallest absolute Gasteiger partial charge is 0.249 e. The molecular weight excluding hydrogens is 166 g/mol. The Morgan fingerprint density at radius 1 is 1.15 bits per heavy atom. The number of hydrogen-bond acceptors (Lipinski definition) is 3. The lowest BCUT2D eigenvalue weighted by Crippen LogP contribution is -2.42. The van der Waals surface area contributed by atoms with Crippen molar-refractivity contribution in [3.63, 3.8) is 0 Å². The minimum atomic E-state index is -0.265. The normalized spacial score (nSPS) is 17.2. The Morgan fingerprint density at radius 3 is 2.31 bits per heavy atom. The van der Waals surface area contributed by atoms with Gasteiger partial charge in [-0.2, -0.15) is 0 Å². The van der Waals surface area contributed by atoms with E-state index in [1.165, 1.54) is 0 Å². The fourth-order valence-electron chi connectivity index (χ4n) is 2.03. The van der Waals surface area contributed by atoms with Crippen LogP contribution in [0.3, 0.4) is 0 Å². The minimum Gasteiger partial charge on any atom is -0.368 e. The maximum absolute atomic E-state index is 11.3. The molecule has 0 N–H and O–H groups in total. The van der Waals surface area contributed by atoms with Crippen LogP contribution in [0.5, 0.6) is 0 Å². The topological polar surface area (TPSA) is 37.4 Å². The van der Waals surface area contributed by atoms with Crippen molar-refractivity contribution in [3.05, 3.63) is 26.0 Å². The van der Waals surface area contributed by atoms with Gasteiger partial charge in [-0.05, 0) is 19.3 Å². The molecule has 1 saturated heterocycles. The van der Waals surface area contributed by atoms with Crippen molar-refractivity contribution in [2.24, 2.45) is 0 Å². The summed E-state index contributed by atoms with van der Waals surface area (Å²) in [5.41, 5.74) is 0.931. The molecule has 0 unspecified atom stereocenters. The summed E-state index contributed by atoms with van der Waals surface area (Å²) in [7, 11) is 0. The van der Waals surface area contributed by atoms with Crippen LogP contribution in [-0.4, -0.2) is 13.1 Å². The van der Waals surface area contributed by atoms with E-state index < -0.39 is 0 Å². The van der Waals surface area contributed by atoms with Gasteiger partial charge in [-0.15, -0.1) is 0 Å². The lowest BCUT2D eigenvalue weighted by molar-refractivity contribution is 0.916. The standard InChI is InChI=1S/C10H13NO2/c1-2-7-8(10(13)9(7)12)11-5-3-4-6-11/h2-6H2,1H3. The summed E-state index contributed by atoms with van der Waals surface area (Å²) in [5.74, 6) is 0. The van der Waals surface area contributed by atoms with E-state index in [2.05, 4.69) is 4.90 Å². The van der Waals surface area contributed by atoms with Crippen LogP contribution in [0, 0.1) is 0 Å². The van der Waals surface area contributed by atoms with Crippen molar-refractivity contribution >= 4 is 5.69 Å². The zero-order chi connectivity index (χ0) is 9.42. The first kappa shape index (κ1) is 8.48. The molecule has 0 amide bonds. The Hall–Kier alpha value is -1.12. The largest absolute Gasteiger partial charge is 0.368 e. The van der Waals surface area contributed by atoms with Crippen molar-refractivity contribution in [3.8, 4) is 0 Å². The highest BCUT2D eigenvalue weighted by Crippen LogP contribution is 2.20. The molecule has 0 radical (unpaired) electrons. The Balaban J connectivity index is 2.35. The van der Waals surface area contributed by atoms with E-state index in [-0.39, 0.29) is 10.9 Å². The van der Waals surface area contributed by atoms with Crippen LogP contribution in [0.1, 0.15) is 25.3 Å². The number of hydrogen-bond donors (Lipinski definition) is 0. The lowest BCUT2D eigenvalue weighted by Gasteiger charge is -2.21. The van der Waals surface area contributed by atoms with Gasteiger partial charge in [0.25, 0.3) is 0 Å². The van der Waals surface area contributed by atoms with Crippen molar-refractivity contribution in [2.45, 2.75) is 26.2 Å². The molecular formula is C10H13NO2. The first-order valence-corrected chi connectivity index (χ1v) is 4.82. The summed E-state index contributed by atoms with van der Waals surface area (Å²) in [5, 5.41) is 0. The maximum Gasteiger partial charge on any atom is 0.249 e. The minimum absolute atomic E-state index is 0.260. The summed E-state index contributed by atoms with van der Waals surface area (Å²) < 4.78 is 0. The molecule has 0 aromatic heterocycles. The van der Waals surface area contributed by atoms with Gasteiger partial charge in [-0.3, -0.25) is 9.59 Å². The van der Waals surface area contributed by atoms with E-state index in [1.807, 2.05) is 6.92 Å². The van der Waals surface area contributed by atoms with Crippen LogP contribution in [0.15, 0.2) is 9.59 Å². The van der Waals surface area contributed by atoms with Gasteiger partial charge < -0.3 is 4.90 Å². The second-order valence-electron chi connectivity index (χ2n) is 3.53.